The third-order valence-corrected chi connectivity index (χ3v) is 4.42. The van der Waals surface area contributed by atoms with Gasteiger partial charge in [0.15, 0.2) is 5.96 Å². The molecule has 0 atom stereocenters. The molecule has 0 radical (unpaired) electrons. The number of hydrogen-bond donors (Lipinski definition) is 2. The van der Waals surface area contributed by atoms with E-state index in [1.807, 2.05) is 0 Å². The SMILES string of the molecule is CN1CCC(CN=C(N)NCCCN2CCOCC2)CC1.I. The van der Waals surface area contributed by atoms with Crippen molar-refractivity contribution < 1.29 is 4.74 Å². The first-order valence-electron chi connectivity index (χ1n) is 8.26. The highest BCUT2D eigenvalue weighted by Gasteiger charge is 2.16. The van der Waals surface area contributed by atoms with E-state index in [4.69, 9.17) is 10.5 Å². The van der Waals surface area contributed by atoms with E-state index in [2.05, 4.69) is 27.2 Å². The Morgan fingerprint density at radius 3 is 2.59 bits per heavy atom. The molecule has 2 aliphatic heterocycles. The van der Waals surface area contributed by atoms with Crippen LogP contribution < -0.4 is 11.1 Å². The van der Waals surface area contributed by atoms with Crippen molar-refractivity contribution in [2.24, 2.45) is 16.6 Å². The number of morpholine rings is 1. The van der Waals surface area contributed by atoms with Gasteiger partial charge in [0.05, 0.1) is 13.2 Å². The van der Waals surface area contributed by atoms with Crippen LogP contribution in [0.15, 0.2) is 4.99 Å². The first-order chi connectivity index (χ1) is 10.2. The van der Waals surface area contributed by atoms with Crippen molar-refractivity contribution in [1.29, 1.82) is 0 Å². The number of ether oxygens (including phenoxy) is 1. The van der Waals surface area contributed by atoms with Crippen molar-refractivity contribution in [2.75, 3.05) is 66.1 Å². The molecule has 7 heteroatoms. The standard InChI is InChI=1S/C15H31N5O.HI/c1-19-7-3-14(4-8-19)13-18-15(16)17-5-2-6-20-9-11-21-12-10-20;/h14H,2-13H2,1H3,(H3,16,17,18);1H. The fraction of sp³-hybridized carbons (Fsp3) is 0.933. The molecule has 0 bridgehead atoms. The summed E-state index contributed by atoms with van der Waals surface area (Å²) in [6, 6.07) is 0. The minimum atomic E-state index is 0. The number of aliphatic imine (C=N–C) groups is 1. The number of nitrogens with two attached hydrogens (primary N) is 1. The van der Waals surface area contributed by atoms with Gasteiger partial charge in [0.2, 0.25) is 0 Å². The highest BCUT2D eigenvalue weighted by atomic mass is 127. The van der Waals surface area contributed by atoms with Crippen molar-refractivity contribution in [2.45, 2.75) is 19.3 Å². The molecule has 0 aromatic carbocycles. The van der Waals surface area contributed by atoms with Crippen LogP contribution in [-0.4, -0.2) is 81.8 Å². The Morgan fingerprint density at radius 2 is 1.91 bits per heavy atom. The third kappa shape index (κ3) is 7.94. The maximum absolute atomic E-state index is 5.93. The quantitative estimate of drug-likeness (QED) is 0.282. The van der Waals surface area contributed by atoms with E-state index >= 15 is 0 Å². The highest BCUT2D eigenvalue weighted by molar-refractivity contribution is 14.0. The zero-order chi connectivity index (χ0) is 14.9. The van der Waals surface area contributed by atoms with E-state index in [1.54, 1.807) is 0 Å². The second-order valence-corrected chi connectivity index (χ2v) is 6.21. The van der Waals surface area contributed by atoms with Gasteiger partial charge >= 0.3 is 0 Å². The molecule has 22 heavy (non-hydrogen) atoms. The number of halogens is 1. The van der Waals surface area contributed by atoms with Crippen molar-refractivity contribution in [3.63, 3.8) is 0 Å². The Balaban J connectivity index is 0.00000242. The summed E-state index contributed by atoms with van der Waals surface area (Å²) in [6.07, 6.45) is 3.58. The van der Waals surface area contributed by atoms with Crippen LogP contribution in [0.3, 0.4) is 0 Å². The monoisotopic (exact) mass is 425 g/mol. The number of guanidine groups is 1. The summed E-state index contributed by atoms with van der Waals surface area (Å²) in [7, 11) is 2.18. The summed E-state index contributed by atoms with van der Waals surface area (Å²) in [5, 5.41) is 3.23. The lowest BCUT2D eigenvalue weighted by atomic mass is 9.97. The topological polar surface area (TPSA) is 66.1 Å². The largest absolute Gasteiger partial charge is 0.379 e. The van der Waals surface area contributed by atoms with Gasteiger partial charge in [-0.05, 0) is 51.9 Å². The molecule has 0 saturated carbocycles. The van der Waals surface area contributed by atoms with Crippen molar-refractivity contribution in [3.8, 4) is 0 Å². The molecular weight excluding hydrogens is 393 g/mol. The van der Waals surface area contributed by atoms with Crippen molar-refractivity contribution >= 4 is 29.9 Å². The van der Waals surface area contributed by atoms with Crippen LogP contribution in [-0.2, 0) is 4.74 Å². The Kier molecular flexibility index (Phi) is 10.3. The normalized spacial score (nSPS) is 22.3. The molecule has 2 heterocycles. The van der Waals surface area contributed by atoms with E-state index in [1.165, 1.54) is 25.9 Å². The molecular formula is C15H32IN5O. The molecule has 3 N–H and O–H groups in total. The number of likely N-dealkylation sites (tertiary alicyclic amines) is 1. The van der Waals surface area contributed by atoms with Crippen LogP contribution >= 0.6 is 24.0 Å². The zero-order valence-electron chi connectivity index (χ0n) is 13.8. The first-order valence-corrected chi connectivity index (χ1v) is 8.26. The fourth-order valence-electron chi connectivity index (χ4n) is 2.87. The molecule has 2 aliphatic rings. The molecule has 2 fully saturated rings. The molecule has 130 valence electrons. The molecule has 2 saturated heterocycles. The Bertz CT molecular complexity index is 315. The van der Waals surface area contributed by atoms with Crippen LogP contribution in [0, 0.1) is 5.92 Å². The number of piperidine rings is 1. The van der Waals surface area contributed by atoms with E-state index < -0.39 is 0 Å². The number of rotatable bonds is 6. The molecule has 0 aliphatic carbocycles. The van der Waals surface area contributed by atoms with Crippen LogP contribution in [0.5, 0.6) is 0 Å². The van der Waals surface area contributed by atoms with Crippen molar-refractivity contribution in [3.05, 3.63) is 0 Å². The Hall–Kier alpha value is -0.120. The molecule has 6 nitrogen and oxygen atoms in total. The molecule has 0 aromatic rings. The van der Waals surface area contributed by atoms with Crippen molar-refractivity contribution in [1.82, 2.24) is 15.1 Å². The Morgan fingerprint density at radius 1 is 1.23 bits per heavy atom. The Labute approximate surface area is 151 Å². The lowest BCUT2D eigenvalue weighted by molar-refractivity contribution is 0.0376. The lowest BCUT2D eigenvalue weighted by Crippen LogP contribution is -2.39. The zero-order valence-corrected chi connectivity index (χ0v) is 16.1. The molecule has 2 rings (SSSR count). The summed E-state index contributed by atoms with van der Waals surface area (Å²) in [4.78, 5) is 9.31. The van der Waals surface area contributed by atoms with Gasteiger partial charge in [0.1, 0.15) is 0 Å². The van der Waals surface area contributed by atoms with Gasteiger partial charge in [-0.1, -0.05) is 0 Å². The average Bonchev–Trinajstić information content (AvgIpc) is 2.52. The molecule has 0 amide bonds. The van der Waals surface area contributed by atoms with E-state index in [0.29, 0.717) is 11.9 Å². The summed E-state index contributed by atoms with van der Waals surface area (Å²) < 4.78 is 5.34. The third-order valence-electron chi connectivity index (χ3n) is 4.42. The van der Waals surface area contributed by atoms with Gasteiger partial charge in [0.25, 0.3) is 0 Å². The lowest BCUT2D eigenvalue weighted by Gasteiger charge is -2.28. The van der Waals surface area contributed by atoms with Gasteiger partial charge < -0.3 is 20.7 Å². The summed E-state index contributed by atoms with van der Waals surface area (Å²) in [5.41, 5.74) is 5.93. The van der Waals surface area contributed by atoms with E-state index in [-0.39, 0.29) is 24.0 Å². The summed E-state index contributed by atoms with van der Waals surface area (Å²) in [6.45, 7) is 9.11. The molecule has 0 unspecified atom stereocenters. The fourth-order valence-corrected chi connectivity index (χ4v) is 2.87. The van der Waals surface area contributed by atoms with Crippen LogP contribution in [0.25, 0.3) is 0 Å². The minimum absolute atomic E-state index is 0. The van der Waals surface area contributed by atoms with Gasteiger partial charge in [-0.3, -0.25) is 9.89 Å². The van der Waals surface area contributed by atoms with Crippen LogP contribution in [0.2, 0.25) is 0 Å². The second kappa shape index (κ2) is 11.4. The minimum Gasteiger partial charge on any atom is -0.379 e. The molecule has 0 aromatic heterocycles. The number of nitrogens with one attached hydrogen (secondary N) is 1. The van der Waals surface area contributed by atoms with E-state index in [0.717, 1.165) is 52.4 Å². The summed E-state index contributed by atoms with van der Waals surface area (Å²) >= 11 is 0. The van der Waals surface area contributed by atoms with Gasteiger partial charge in [-0.15, -0.1) is 24.0 Å². The second-order valence-electron chi connectivity index (χ2n) is 6.21. The smallest absolute Gasteiger partial charge is 0.188 e. The number of nitrogens with zero attached hydrogens (tertiary/aromatic N) is 3. The maximum Gasteiger partial charge on any atom is 0.188 e. The van der Waals surface area contributed by atoms with Crippen LogP contribution in [0.1, 0.15) is 19.3 Å². The first kappa shape index (κ1) is 19.9. The number of hydrogen-bond acceptors (Lipinski definition) is 4. The van der Waals surface area contributed by atoms with Gasteiger partial charge in [-0.2, -0.15) is 0 Å². The predicted molar refractivity (Wildman–Crippen MR) is 102 cm³/mol. The highest BCUT2D eigenvalue weighted by Crippen LogP contribution is 2.15. The van der Waals surface area contributed by atoms with Gasteiger partial charge in [-0.25, -0.2) is 0 Å². The molecule has 0 spiro atoms. The predicted octanol–water partition coefficient (Wildman–Crippen LogP) is 0.573. The van der Waals surface area contributed by atoms with Gasteiger partial charge in [0, 0.05) is 26.2 Å². The summed E-state index contributed by atoms with van der Waals surface area (Å²) in [5.74, 6) is 1.31. The average molecular weight is 425 g/mol. The van der Waals surface area contributed by atoms with Crippen LogP contribution in [0.4, 0.5) is 0 Å². The maximum atomic E-state index is 5.93. The van der Waals surface area contributed by atoms with E-state index in [9.17, 15) is 0 Å².